The Morgan fingerprint density at radius 1 is 1.18 bits per heavy atom. The van der Waals surface area contributed by atoms with Crippen molar-refractivity contribution in [3.05, 3.63) is 36.5 Å². The second-order valence-corrected chi connectivity index (χ2v) is 4.33. The van der Waals surface area contributed by atoms with Gasteiger partial charge in [0.2, 0.25) is 0 Å². The molecule has 0 aliphatic heterocycles. The molecule has 0 N–H and O–H groups in total. The topological polar surface area (TPSA) is 9.23 Å². The lowest BCUT2D eigenvalue weighted by Crippen LogP contribution is -1.85. The standard InChI is InChI=1S/C16H28O/c1-4-6-7-8-9-13-16(12-5-2)14-10-11-15-17-3/h5,10,12,14H,2,4,6-9,11,13,15H2,1,3H3/b14-10-,16-12-. The second kappa shape index (κ2) is 13.2. The summed E-state index contributed by atoms with van der Waals surface area (Å²) in [5, 5.41) is 0. The second-order valence-electron chi connectivity index (χ2n) is 4.33. The van der Waals surface area contributed by atoms with Crippen molar-refractivity contribution in [3.63, 3.8) is 0 Å². The fraction of sp³-hybridized carbons (Fsp3) is 0.625. The predicted octanol–water partition coefficient (Wildman–Crippen LogP) is 5.05. The molecule has 0 saturated heterocycles. The van der Waals surface area contributed by atoms with Crippen LogP contribution in [-0.2, 0) is 4.74 Å². The van der Waals surface area contributed by atoms with E-state index in [4.69, 9.17) is 4.74 Å². The molecule has 0 bridgehead atoms. The van der Waals surface area contributed by atoms with E-state index in [1.165, 1.54) is 44.1 Å². The van der Waals surface area contributed by atoms with Crippen LogP contribution in [0.3, 0.4) is 0 Å². The van der Waals surface area contributed by atoms with Gasteiger partial charge in [0.1, 0.15) is 0 Å². The van der Waals surface area contributed by atoms with Crippen LogP contribution in [0.15, 0.2) is 36.5 Å². The lowest BCUT2D eigenvalue weighted by molar-refractivity contribution is 0.204. The predicted molar refractivity (Wildman–Crippen MR) is 77.3 cm³/mol. The van der Waals surface area contributed by atoms with Crippen molar-refractivity contribution in [3.8, 4) is 0 Å². The van der Waals surface area contributed by atoms with Crippen molar-refractivity contribution < 1.29 is 4.74 Å². The van der Waals surface area contributed by atoms with Gasteiger partial charge in [-0.3, -0.25) is 0 Å². The van der Waals surface area contributed by atoms with E-state index in [1.54, 1.807) is 7.11 Å². The normalized spacial score (nSPS) is 12.2. The van der Waals surface area contributed by atoms with Crippen molar-refractivity contribution in [2.45, 2.75) is 51.9 Å². The Hall–Kier alpha value is -0.820. The Balaban J connectivity index is 3.79. The van der Waals surface area contributed by atoms with Crippen LogP contribution < -0.4 is 0 Å². The van der Waals surface area contributed by atoms with Crippen molar-refractivity contribution in [1.82, 2.24) is 0 Å². The zero-order chi connectivity index (χ0) is 12.8. The summed E-state index contributed by atoms with van der Waals surface area (Å²) in [5.41, 5.74) is 1.38. The summed E-state index contributed by atoms with van der Waals surface area (Å²) in [6.07, 6.45) is 17.2. The maximum Gasteiger partial charge on any atom is 0.0496 e. The number of hydrogen-bond acceptors (Lipinski definition) is 1. The zero-order valence-corrected chi connectivity index (χ0v) is 11.6. The molecule has 98 valence electrons. The molecule has 0 aliphatic carbocycles. The molecule has 17 heavy (non-hydrogen) atoms. The molecule has 0 saturated carbocycles. The van der Waals surface area contributed by atoms with Crippen LogP contribution in [0.4, 0.5) is 0 Å². The van der Waals surface area contributed by atoms with Gasteiger partial charge >= 0.3 is 0 Å². The lowest BCUT2D eigenvalue weighted by Gasteiger charge is -2.02. The molecule has 0 unspecified atom stereocenters. The molecule has 0 amide bonds. The number of methoxy groups -OCH3 is 1. The molecular formula is C16H28O. The van der Waals surface area contributed by atoms with Crippen molar-refractivity contribution in [2.24, 2.45) is 0 Å². The number of allylic oxidation sites excluding steroid dienone is 4. The number of hydrogen-bond donors (Lipinski definition) is 0. The van der Waals surface area contributed by atoms with Gasteiger partial charge in [0.25, 0.3) is 0 Å². The first kappa shape index (κ1) is 16.2. The van der Waals surface area contributed by atoms with Crippen molar-refractivity contribution >= 4 is 0 Å². The first-order chi connectivity index (χ1) is 8.35. The summed E-state index contributed by atoms with van der Waals surface area (Å²) in [7, 11) is 1.74. The average Bonchev–Trinajstić information content (AvgIpc) is 2.34. The summed E-state index contributed by atoms with van der Waals surface area (Å²) in [6.45, 7) is 6.82. The van der Waals surface area contributed by atoms with Crippen LogP contribution >= 0.6 is 0 Å². The van der Waals surface area contributed by atoms with Gasteiger partial charge in [0, 0.05) is 13.7 Å². The van der Waals surface area contributed by atoms with Crippen molar-refractivity contribution in [1.29, 1.82) is 0 Å². The zero-order valence-electron chi connectivity index (χ0n) is 11.6. The van der Waals surface area contributed by atoms with Gasteiger partial charge in [0.05, 0.1) is 0 Å². The van der Waals surface area contributed by atoms with Crippen LogP contribution in [0.1, 0.15) is 51.9 Å². The molecule has 0 heterocycles. The quantitative estimate of drug-likeness (QED) is 0.360. The highest BCUT2D eigenvalue weighted by Gasteiger charge is 1.93. The molecule has 0 atom stereocenters. The number of ether oxygens (including phenoxy) is 1. The van der Waals surface area contributed by atoms with Crippen LogP contribution in [0.5, 0.6) is 0 Å². The highest BCUT2D eigenvalue weighted by Crippen LogP contribution is 2.12. The number of rotatable bonds is 11. The molecule has 0 aromatic carbocycles. The van der Waals surface area contributed by atoms with Gasteiger partial charge in [-0.1, -0.05) is 63.5 Å². The fourth-order valence-corrected chi connectivity index (χ4v) is 1.73. The van der Waals surface area contributed by atoms with E-state index in [-0.39, 0.29) is 0 Å². The maximum absolute atomic E-state index is 5.02. The summed E-state index contributed by atoms with van der Waals surface area (Å²) < 4.78 is 5.02. The molecule has 1 heteroatoms. The van der Waals surface area contributed by atoms with Crippen molar-refractivity contribution in [2.75, 3.05) is 13.7 Å². The minimum Gasteiger partial charge on any atom is -0.384 e. The van der Waals surface area contributed by atoms with Crippen LogP contribution in [0.25, 0.3) is 0 Å². The van der Waals surface area contributed by atoms with E-state index in [1.807, 2.05) is 6.08 Å². The molecule has 0 aliphatic rings. The number of unbranched alkanes of at least 4 members (excludes halogenated alkanes) is 4. The van der Waals surface area contributed by atoms with E-state index in [0.29, 0.717) is 0 Å². The fourth-order valence-electron chi connectivity index (χ4n) is 1.73. The smallest absolute Gasteiger partial charge is 0.0496 e. The molecular weight excluding hydrogens is 208 g/mol. The molecule has 1 nitrogen and oxygen atoms in total. The van der Waals surface area contributed by atoms with Gasteiger partial charge in [-0.05, 0) is 24.8 Å². The Kier molecular flexibility index (Phi) is 12.6. The third-order valence-corrected chi connectivity index (χ3v) is 2.72. The SMILES string of the molecule is C=C/C=C(\C=C/CCOC)CCCCCCC. The minimum atomic E-state index is 0.800. The largest absolute Gasteiger partial charge is 0.384 e. The van der Waals surface area contributed by atoms with E-state index in [0.717, 1.165) is 13.0 Å². The highest BCUT2D eigenvalue weighted by molar-refractivity contribution is 5.22. The van der Waals surface area contributed by atoms with Gasteiger partial charge in [-0.2, -0.15) is 0 Å². The molecule has 0 fully saturated rings. The molecule has 0 aromatic heterocycles. The van der Waals surface area contributed by atoms with Gasteiger partial charge in [0.15, 0.2) is 0 Å². The Bertz CT molecular complexity index is 226. The van der Waals surface area contributed by atoms with E-state index >= 15 is 0 Å². The summed E-state index contributed by atoms with van der Waals surface area (Å²) in [4.78, 5) is 0. The van der Waals surface area contributed by atoms with E-state index in [2.05, 4.69) is 31.7 Å². The Morgan fingerprint density at radius 3 is 2.59 bits per heavy atom. The van der Waals surface area contributed by atoms with Gasteiger partial charge < -0.3 is 4.74 Å². The summed E-state index contributed by atoms with van der Waals surface area (Å²) in [6, 6.07) is 0. The van der Waals surface area contributed by atoms with Gasteiger partial charge in [-0.25, -0.2) is 0 Å². The lowest BCUT2D eigenvalue weighted by atomic mass is 10.0. The van der Waals surface area contributed by atoms with Crippen LogP contribution in [0.2, 0.25) is 0 Å². The Labute approximate surface area is 107 Å². The first-order valence-electron chi connectivity index (χ1n) is 6.82. The third kappa shape index (κ3) is 11.4. The van der Waals surface area contributed by atoms with E-state index in [9.17, 15) is 0 Å². The Morgan fingerprint density at radius 2 is 1.94 bits per heavy atom. The maximum atomic E-state index is 5.02. The van der Waals surface area contributed by atoms with E-state index < -0.39 is 0 Å². The molecule has 0 spiro atoms. The molecule has 0 aromatic rings. The minimum absolute atomic E-state index is 0.800. The summed E-state index contributed by atoms with van der Waals surface area (Å²) >= 11 is 0. The third-order valence-electron chi connectivity index (χ3n) is 2.72. The molecule has 0 rings (SSSR count). The monoisotopic (exact) mass is 236 g/mol. The van der Waals surface area contributed by atoms with Crippen LogP contribution in [0, 0.1) is 0 Å². The highest BCUT2D eigenvalue weighted by atomic mass is 16.5. The first-order valence-corrected chi connectivity index (χ1v) is 6.82. The summed E-state index contributed by atoms with van der Waals surface area (Å²) in [5.74, 6) is 0. The molecule has 0 radical (unpaired) electrons. The average molecular weight is 236 g/mol. The van der Waals surface area contributed by atoms with Crippen LogP contribution in [-0.4, -0.2) is 13.7 Å². The van der Waals surface area contributed by atoms with Gasteiger partial charge in [-0.15, -0.1) is 0 Å².